The predicted molar refractivity (Wildman–Crippen MR) is 56.4 cm³/mol. The number of nitrogens with zero attached hydrogens (tertiary/aromatic N) is 1. The smallest absolute Gasteiger partial charge is 0.330 e. The Kier molecular flexibility index (Phi) is 5.33. The molecule has 0 aliphatic rings. The maximum absolute atomic E-state index is 9.60. The molecule has 15 heavy (non-hydrogen) atoms. The number of aromatic nitrogens is 2. The van der Waals surface area contributed by atoms with Crippen molar-refractivity contribution in [2.24, 2.45) is 0 Å². The normalized spacial score (nSPS) is 9.07. The molecule has 0 bridgehead atoms. The summed E-state index contributed by atoms with van der Waals surface area (Å²) in [5.41, 5.74) is 3.00. The second-order valence-electron chi connectivity index (χ2n) is 3.16. The van der Waals surface area contributed by atoms with Gasteiger partial charge in [-0.3, -0.25) is 5.10 Å². The van der Waals surface area contributed by atoms with E-state index in [1.807, 2.05) is 13.8 Å². The van der Waals surface area contributed by atoms with Crippen molar-refractivity contribution in [3.63, 3.8) is 0 Å². The number of hydrogen-bond donors (Lipinski definition) is 3. The lowest BCUT2D eigenvalue weighted by atomic mass is 10.2. The molecule has 3 N–H and O–H groups in total. The fourth-order valence-electron chi connectivity index (χ4n) is 0.689. The largest absolute Gasteiger partial charge is 0.478 e. The molecule has 1 heterocycles. The average Bonchev–Trinajstić information content (AvgIpc) is 2.48. The van der Waals surface area contributed by atoms with Gasteiger partial charge in [0, 0.05) is 11.3 Å². The summed E-state index contributed by atoms with van der Waals surface area (Å²) in [4.78, 5) is 9.60. The Hall–Kier alpha value is -1.62. The maximum Gasteiger partial charge on any atom is 0.330 e. The summed E-state index contributed by atoms with van der Waals surface area (Å²) in [6.45, 7) is 8.49. The number of aliphatic hydroxyl groups excluding tert-OH is 1. The SMILES string of the molecule is C=C(C)C(=O)O.Cc1[nH]nc(CO)c1C. The average molecular weight is 212 g/mol. The highest BCUT2D eigenvalue weighted by molar-refractivity contribution is 5.84. The number of hydrogen-bond acceptors (Lipinski definition) is 3. The Morgan fingerprint density at radius 1 is 1.53 bits per heavy atom. The molecule has 0 unspecified atom stereocenters. The van der Waals surface area contributed by atoms with Crippen LogP contribution < -0.4 is 0 Å². The van der Waals surface area contributed by atoms with Gasteiger partial charge in [0.15, 0.2) is 0 Å². The molecule has 5 heteroatoms. The van der Waals surface area contributed by atoms with Crippen molar-refractivity contribution in [2.45, 2.75) is 27.4 Å². The van der Waals surface area contributed by atoms with Crippen LogP contribution in [0.5, 0.6) is 0 Å². The summed E-state index contributed by atoms with van der Waals surface area (Å²) < 4.78 is 0. The summed E-state index contributed by atoms with van der Waals surface area (Å²) >= 11 is 0. The molecule has 0 saturated heterocycles. The summed E-state index contributed by atoms with van der Waals surface area (Å²) in [6, 6.07) is 0. The fourth-order valence-corrected chi connectivity index (χ4v) is 0.689. The first-order valence-electron chi connectivity index (χ1n) is 4.40. The van der Waals surface area contributed by atoms with Gasteiger partial charge >= 0.3 is 5.97 Å². The third-order valence-electron chi connectivity index (χ3n) is 1.87. The molecule has 0 aliphatic heterocycles. The monoisotopic (exact) mass is 212 g/mol. The van der Waals surface area contributed by atoms with Crippen LogP contribution in [0.25, 0.3) is 0 Å². The highest BCUT2D eigenvalue weighted by Gasteiger charge is 2.01. The second-order valence-corrected chi connectivity index (χ2v) is 3.16. The van der Waals surface area contributed by atoms with E-state index in [2.05, 4.69) is 16.8 Å². The van der Waals surface area contributed by atoms with Gasteiger partial charge in [0.05, 0.1) is 12.3 Å². The minimum atomic E-state index is -0.935. The molecule has 1 aromatic rings. The number of aliphatic carboxylic acids is 1. The number of carboxylic acids is 1. The Balaban J connectivity index is 0.000000288. The zero-order chi connectivity index (χ0) is 12.0. The zero-order valence-corrected chi connectivity index (χ0v) is 9.16. The molecule has 0 aromatic carbocycles. The first-order chi connectivity index (χ1) is 6.90. The Morgan fingerprint density at radius 2 is 2.00 bits per heavy atom. The van der Waals surface area contributed by atoms with Crippen LogP contribution in [0.3, 0.4) is 0 Å². The Morgan fingerprint density at radius 3 is 2.13 bits per heavy atom. The molecule has 0 fully saturated rings. The van der Waals surface area contributed by atoms with Crippen molar-refractivity contribution >= 4 is 5.97 Å². The van der Waals surface area contributed by atoms with Crippen molar-refractivity contribution in [3.05, 3.63) is 29.1 Å². The van der Waals surface area contributed by atoms with Crippen LogP contribution in [-0.2, 0) is 11.4 Å². The van der Waals surface area contributed by atoms with Crippen molar-refractivity contribution < 1.29 is 15.0 Å². The highest BCUT2D eigenvalue weighted by atomic mass is 16.4. The lowest BCUT2D eigenvalue weighted by Crippen LogP contribution is -1.92. The number of nitrogens with one attached hydrogen (secondary N) is 1. The van der Waals surface area contributed by atoms with Gasteiger partial charge in [0.1, 0.15) is 0 Å². The molecule has 5 nitrogen and oxygen atoms in total. The molecule has 0 spiro atoms. The number of H-pyrrole nitrogens is 1. The molecule has 0 saturated carbocycles. The summed E-state index contributed by atoms with van der Waals surface area (Å²) in [6.07, 6.45) is 0. The van der Waals surface area contributed by atoms with E-state index in [0.29, 0.717) is 0 Å². The van der Waals surface area contributed by atoms with Crippen LogP contribution in [0.2, 0.25) is 0 Å². The summed E-state index contributed by atoms with van der Waals surface area (Å²) in [7, 11) is 0. The van der Waals surface area contributed by atoms with Crippen molar-refractivity contribution in [2.75, 3.05) is 0 Å². The lowest BCUT2D eigenvalue weighted by Gasteiger charge is -1.88. The number of carboxylic acid groups (broad SMARTS) is 1. The molecular formula is C10H16N2O3. The van der Waals surface area contributed by atoms with E-state index in [4.69, 9.17) is 10.2 Å². The van der Waals surface area contributed by atoms with Crippen LogP contribution >= 0.6 is 0 Å². The molecule has 0 radical (unpaired) electrons. The molecule has 0 amide bonds. The zero-order valence-electron chi connectivity index (χ0n) is 9.16. The number of aromatic amines is 1. The Bertz CT molecular complexity index is 344. The molecule has 1 aromatic heterocycles. The summed E-state index contributed by atoms with van der Waals surface area (Å²) in [5.74, 6) is -0.935. The third kappa shape index (κ3) is 4.42. The van der Waals surface area contributed by atoms with Gasteiger partial charge in [-0.1, -0.05) is 6.58 Å². The van der Waals surface area contributed by atoms with Gasteiger partial charge < -0.3 is 10.2 Å². The minimum Gasteiger partial charge on any atom is -0.478 e. The van der Waals surface area contributed by atoms with Crippen molar-refractivity contribution in [3.8, 4) is 0 Å². The number of aryl methyl sites for hydroxylation is 1. The van der Waals surface area contributed by atoms with Crippen LogP contribution in [0.1, 0.15) is 23.9 Å². The maximum atomic E-state index is 9.60. The Labute approximate surface area is 88.4 Å². The van der Waals surface area contributed by atoms with E-state index in [0.717, 1.165) is 17.0 Å². The number of rotatable bonds is 2. The van der Waals surface area contributed by atoms with Crippen LogP contribution in [-0.4, -0.2) is 26.4 Å². The standard InChI is InChI=1S/C6H10N2O.C4H6O2/c1-4-5(2)7-8-6(4)3-9;1-3(2)4(5)6/h9H,3H2,1-2H3,(H,7,8);1H2,2H3,(H,5,6). The van der Waals surface area contributed by atoms with Crippen molar-refractivity contribution in [1.29, 1.82) is 0 Å². The third-order valence-corrected chi connectivity index (χ3v) is 1.87. The van der Waals surface area contributed by atoms with Gasteiger partial charge in [-0.15, -0.1) is 0 Å². The summed E-state index contributed by atoms with van der Waals surface area (Å²) in [5, 5.41) is 23.2. The molecule has 84 valence electrons. The predicted octanol–water partition coefficient (Wildman–Crippen LogP) is 1.17. The first-order valence-corrected chi connectivity index (χ1v) is 4.40. The van der Waals surface area contributed by atoms with Crippen LogP contribution in [0.15, 0.2) is 12.2 Å². The topological polar surface area (TPSA) is 86.2 Å². The molecule has 1 rings (SSSR count). The number of aliphatic hydroxyl groups is 1. The highest BCUT2D eigenvalue weighted by Crippen LogP contribution is 2.06. The van der Waals surface area contributed by atoms with E-state index in [-0.39, 0.29) is 12.2 Å². The minimum absolute atomic E-state index is 0.0240. The van der Waals surface area contributed by atoms with Crippen LogP contribution in [0, 0.1) is 13.8 Å². The van der Waals surface area contributed by atoms with Gasteiger partial charge in [-0.2, -0.15) is 5.10 Å². The van der Waals surface area contributed by atoms with Gasteiger partial charge in [0.25, 0.3) is 0 Å². The number of carbonyl (C=O) groups is 1. The lowest BCUT2D eigenvalue weighted by molar-refractivity contribution is -0.132. The molecule has 0 aliphatic carbocycles. The van der Waals surface area contributed by atoms with E-state index in [1.165, 1.54) is 6.92 Å². The fraction of sp³-hybridized carbons (Fsp3) is 0.400. The van der Waals surface area contributed by atoms with E-state index in [1.54, 1.807) is 0 Å². The van der Waals surface area contributed by atoms with E-state index < -0.39 is 5.97 Å². The van der Waals surface area contributed by atoms with Gasteiger partial charge in [-0.05, 0) is 26.3 Å². The van der Waals surface area contributed by atoms with E-state index >= 15 is 0 Å². The van der Waals surface area contributed by atoms with E-state index in [9.17, 15) is 4.79 Å². The first kappa shape index (κ1) is 13.4. The second kappa shape index (κ2) is 5.98. The molecular weight excluding hydrogens is 196 g/mol. The quantitative estimate of drug-likeness (QED) is 0.642. The molecule has 0 atom stereocenters. The van der Waals surface area contributed by atoms with Crippen molar-refractivity contribution in [1.82, 2.24) is 10.2 Å². The van der Waals surface area contributed by atoms with Gasteiger partial charge in [0.2, 0.25) is 0 Å². The van der Waals surface area contributed by atoms with Crippen LogP contribution in [0.4, 0.5) is 0 Å². The van der Waals surface area contributed by atoms with Gasteiger partial charge in [-0.25, -0.2) is 4.79 Å².